The number of nitrogens with zero attached hydrogens (tertiary/aromatic N) is 11. The summed E-state index contributed by atoms with van der Waals surface area (Å²) in [5, 5.41) is 0.732. The summed E-state index contributed by atoms with van der Waals surface area (Å²) >= 11 is 31.2. The molecule has 13 N–H and O–H groups in total. The van der Waals surface area contributed by atoms with Gasteiger partial charge in [-0.15, -0.1) is 11.8 Å². The van der Waals surface area contributed by atoms with Crippen molar-refractivity contribution in [2.45, 2.75) is 113 Å². The van der Waals surface area contributed by atoms with E-state index in [2.05, 4.69) is 125 Å². The van der Waals surface area contributed by atoms with E-state index < -0.39 is 22.8 Å². The van der Waals surface area contributed by atoms with E-state index in [4.69, 9.17) is 82.8 Å². The molecule has 0 radical (unpaired) electrons. The van der Waals surface area contributed by atoms with Crippen LogP contribution < -0.4 is 49.5 Å². The molecular formula is C97H94N24O12S7. The van der Waals surface area contributed by atoms with Gasteiger partial charge < -0.3 is 53.4 Å². The van der Waals surface area contributed by atoms with Crippen molar-refractivity contribution in [1.29, 1.82) is 0 Å². The first-order valence-corrected chi connectivity index (χ1v) is 47.7. The van der Waals surface area contributed by atoms with Gasteiger partial charge in [-0.25, -0.2) is 39.7 Å². The summed E-state index contributed by atoms with van der Waals surface area (Å²) in [5.41, 5.74) is 19.3. The Kier molecular flexibility index (Phi) is 31.1. The van der Waals surface area contributed by atoms with E-state index in [1.807, 2.05) is 179 Å². The van der Waals surface area contributed by atoms with E-state index in [1.165, 1.54) is 51.4 Å². The standard InChI is InChI=1S/C16H16N4O3S.C16H16N4OS.C14H14N4OS.3C13H11N3OS.C12H15N3O4S/c1-3-23-11(21)8-20-12-13(18-16(24)19-15(12)22)17-14(20)10-6-4-9(2)5-7-10;1-9-2-6-11(7-3-9)14-17-13-12(15(21)19-16(22)18-13)20(14)8-10-4-5-10;1-18(2)9-5-3-8(4-6-9)11-7-10-12(15-11)16-14(20)17-13(10)19;2*1-7-2-4-8(5-3-7)10-6-9-11(14-10)15-13(18)16-12(9)17;1-7-3-2-4-8(5-7)10-6-9-11(14-10)15-13(18)16-12(9)17;1-3-19-9(16)4-5-20-8-6-7-10(13-8)15(2)12(18)14-11(7)17/h4-7H,3,8H2,1-2H3,(H2,18,19,22,24);2-3,6-7,10H,4-5,8H2,1H3,(H2,18,19,21,22);3-6H,7H2,1-2H3,(H2,16,17,19,20);3*2-5H,6H2,1H3,(H2,15,16,17,18);3-6H2,1-2H3,(H,14,17,18). The van der Waals surface area contributed by atoms with Gasteiger partial charge in [0.25, 0.3) is 38.9 Å². The Balaban J connectivity index is 0.000000124. The molecule has 0 atom stereocenters. The molecule has 36 nitrogen and oxygen atoms in total. The van der Waals surface area contributed by atoms with Crippen LogP contribution >= 0.6 is 85.1 Å². The maximum absolute atomic E-state index is 12.3. The highest BCUT2D eigenvalue weighted by Crippen LogP contribution is 2.36. The molecule has 21 rings (SSSR count). The molecule has 0 unspecified atom stereocenters. The van der Waals surface area contributed by atoms with Crippen LogP contribution in [-0.4, -0.2) is 161 Å². The van der Waals surface area contributed by atoms with E-state index in [0.29, 0.717) is 160 Å². The molecule has 1 fully saturated rings. The molecule has 5 aliphatic heterocycles. The van der Waals surface area contributed by atoms with Crippen molar-refractivity contribution in [2.24, 2.45) is 37.9 Å². The third kappa shape index (κ3) is 24.0. The third-order valence-electron chi connectivity index (χ3n) is 22.7. The maximum Gasteiger partial charge on any atom is 0.329 e. The van der Waals surface area contributed by atoms with Gasteiger partial charge in [-0.2, -0.15) is 0 Å². The number of anilines is 1. The van der Waals surface area contributed by atoms with Crippen LogP contribution in [0.1, 0.15) is 111 Å². The number of hydrogen-bond donors (Lipinski definition) is 13. The summed E-state index contributed by atoms with van der Waals surface area (Å²) < 4.78 is 16.5. The minimum absolute atomic E-state index is 0.110. The van der Waals surface area contributed by atoms with Gasteiger partial charge in [0.2, 0.25) is 0 Å². The number of nitrogens with one attached hydrogen (secondary N) is 13. The number of carbonyl (C=O) groups is 2. The van der Waals surface area contributed by atoms with E-state index in [9.17, 15) is 47.9 Å². The Morgan fingerprint density at radius 2 is 0.757 bits per heavy atom. The maximum atomic E-state index is 12.3. The molecule has 716 valence electrons. The molecular weight excluding hydrogens is 1920 g/mol. The second-order valence-corrected chi connectivity index (χ2v) is 37.0. The fraction of sp³-hybridized carbons (Fsp3) is 0.247. The molecule has 6 aliphatic rings. The van der Waals surface area contributed by atoms with Gasteiger partial charge in [0.1, 0.15) is 47.3 Å². The number of aryl methyl sites for hydroxylation is 5. The highest BCUT2D eigenvalue weighted by molar-refractivity contribution is 8.14. The molecule has 6 aromatic carbocycles. The fourth-order valence-corrected chi connectivity index (χ4v) is 17.4. The average Bonchev–Trinajstić information content (AvgIpc) is 1.61. The smallest absolute Gasteiger partial charge is 0.329 e. The predicted octanol–water partition coefficient (Wildman–Crippen LogP) is 15.3. The molecule has 15 aromatic rings. The number of H-pyrrole nitrogens is 13. The number of aliphatic imine (C=N–C) groups is 5. The Labute approximate surface area is 830 Å². The van der Waals surface area contributed by atoms with Crippen molar-refractivity contribution in [3.05, 3.63) is 335 Å². The van der Waals surface area contributed by atoms with Gasteiger partial charge in [0.15, 0.2) is 51.0 Å². The Bertz CT molecular complexity index is 8350. The van der Waals surface area contributed by atoms with Crippen LogP contribution in [-0.2, 0) is 71.3 Å². The van der Waals surface area contributed by atoms with Gasteiger partial charge in [-0.05, 0) is 175 Å². The number of fused-ring (bicyclic) bond motifs is 7. The number of aromatic amines is 13. The van der Waals surface area contributed by atoms with Crippen LogP contribution in [0.3, 0.4) is 0 Å². The van der Waals surface area contributed by atoms with E-state index in [-0.39, 0.29) is 57.2 Å². The lowest BCUT2D eigenvalue weighted by Gasteiger charge is -2.12. The number of ether oxygens (including phenoxy) is 2. The molecule has 0 amide bonds. The number of esters is 2. The number of hydrogen-bond acceptors (Lipinski definition) is 27. The highest BCUT2D eigenvalue weighted by atomic mass is 32.2. The summed E-state index contributed by atoms with van der Waals surface area (Å²) in [5.74, 6) is 4.54. The number of aromatic nitrogens is 18. The van der Waals surface area contributed by atoms with Gasteiger partial charge in [-0.1, -0.05) is 161 Å². The molecule has 140 heavy (non-hydrogen) atoms. The topological polar surface area (TPSA) is 500 Å². The molecule has 0 saturated heterocycles. The zero-order valence-corrected chi connectivity index (χ0v) is 83.0. The average molecular weight is 2010 g/mol. The van der Waals surface area contributed by atoms with Gasteiger partial charge >= 0.3 is 17.6 Å². The fourth-order valence-electron chi connectivity index (χ4n) is 15.4. The number of carbonyl (C=O) groups excluding carboxylic acids is 2. The van der Waals surface area contributed by atoms with E-state index in [1.54, 1.807) is 25.5 Å². The first-order chi connectivity index (χ1) is 67.1. The van der Waals surface area contributed by atoms with Crippen LogP contribution in [0.5, 0.6) is 0 Å². The normalized spacial score (nSPS) is 13.0. The lowest BCUT2D eigenvalue weighted by atomic mass is 10.0. The van der Waals surface area contributed by atoms with Gasteiger partial charge in [0, 0.05) is 82.4 Å². The number of rotatable bonds is 16. The number of imidazole rings is 2. The summed E-state index contributed by atoms with van der Waals surface area (Å²) in [6.45, 7) is 15.0. The lowest BCUT2D eigenvalue weighted by Crippen LogP contribution is -2.29. The van der Waals surface area contributed by atoms with Crippen LogP contribution in [0.4, 0.5) is 34.8 Å². The molecule has 1 saturated carbocycles. The number of benzene rings is 6. The predicted molar refractivity (Wildman–Crippen MR) is 560 cm³/mol. The van der Waals surface area contributed by atoms with Crippen molar-refractivity contribution >= 4 is 182 Å². The molecule has 1 aliphatic carbocycles. The lowest BCUT2D eigenvalue weighted by molar-refractivity contribution is -0.144. The summed E-state index contributed by atoms with van der Waals surface area (Å²) in [6, 6.07) is 48.3. The van der Waals surface area contributed by atoms with Crippen LogP contribution in [0.15, 0.2) is 209 Å². The molecule has 43 heteroatoms. The van der Waals surface area contributed by atoms with Crippen molar-refractivity contribution in [3.8, 4) is 22.8 Å². The number of thioether (sulfide) groups is 1. The van der Waals surface area contributed by atoms with Crippen LogP contribution in [0, 0.1) is 69.2 Å². The largest absolute Gasteiger partial charge is 0.466 e. The molecule has 0 spiro atoms. The van der Waals surface area contributed by atoms with Gasteiger partial charge in [0.05, 0.1) is 75.3 Å². The molecule has 14 heterocycles. The first-order valence-electron chi connectivity index (χ1n) is 44.2. The summed E-state index contributed by atoms with van der Waals surface area (Å²) in [7, 11) is 5.56. The minimum Gasteiger partial charge on any atom is -0.466 e. The van der Waals surface area contributed by atoms with Crippen molar-refractivity contribution in [2.75, 3.05) is 38.0 Å². The third-order valence-corrected chi connectivity index (χ3v) is 24.9. The van der Waals surface area contributed by atoms with Crippen molar-refractivity contribution in [3.63, 3.8) is 0 Å². The first kappa shape index (κ1) is 99.5. The van der Waals surface area contributed by atoms with Gasteiger partial charge in [-0.3, -0.25) is 82.6 Å². The quantitative estimate of drug-likeness (QED) is 0.0316. The monoisotopic (exact) mass is 2010 g/mol. The zero-order chi connectivity index (χ0) is 99.6. The van der Waals surface area contributed by atoms with E-state index >= 15 is 0 Å². The van der Waals surface area contributed by atoms with Crippen molar-refractivity contribution < 1.29 is 19.1 Å². The van der Waals surface area contributed by atoms with E-state index in [0.717, 1.165) is 84.9 Å². The molecule has 0 bridgehead atoms. The minimum atomic E-state index is -0.477. The van der Waals surface area contributed by atoms with Crippen molar-refractivity contribution in [1.82, 2.24) is 88.5 Å². The van der Waals surface area contributed by atoms with Crippen LogP contribution in [0.25, 0.3) is 45.1 Å². The Morgan fingerprint density at radius 3 is 1.15 bits per heavy atom. The Morgan fingerprint density at radius 1 is 0.400 bits per heavy atom. The SMILES string of the molecule is CCOC(=O)CCSC1=Nc2c(c(=O)[nH]c(=O)n2C)C1.CCOC(=O)Cn1c(-c2ccc(C)cc2)nc2[nH]c(=S)[nH]c(=O)c21.CN(C)c1ccc(C2=Nc3[nH]c(=S)[nH]c(=O)c3C2)cc1.Cc1ccc(-c2nc3[nH]c(=S)[nH]c(=O)c3n2CC2CC2)cc1.Cc1ccc(C2=Nc3[nH]c(=S)[nH]c(=O)c3C2)cc1.Cc1ccc(C2=Nc3[nH]c(=S)[nH]c(=O)c3C2)cc1.Cc1cccc(C2=Nc3[nH]c(=S)[nH]c(=O)c3C2)c1. The second-order valence-electron chi connectivity index (χ2n) is 33.4. The summed E-state index contributed by atoms with van der Waals surface area (Å²) in [4.78, 5) is 187. The molecule has 9 aromatic heterocycles. The summed E-state index contributed by atoms with van der Waals surface area (Å²) in [6.07, 6.45) is 5.27. The zero-order valence-electron chi connectivity index (χ0n) is 77.3. The second kappa shape index (κ2) is 43.8. The Hall–Kier alpha value is -15.0. The van der Waals surface area contributed by atoms with Crippen LogP contribution in [0.2, 0.25) is 0 Å². The highest BCUT2D eigenvalue weighted by Gasteiger charge is 2.29.